The second-order valence-electron chi connectivity index (χ2n) is 12.9. The van der Waals surface area contributed by atoms with Crippen LogP contribution in [0.1, 0.15) is 154 Å². The summed E-state index contributed by atoms with van der Waals surface area (Å²) in [5.41, 5.74) is 2.46. The zero-order valence-corrected chi connectivity index (χ0v) is 30.2. The van der Waals surface area contributed by atoms with Gasteiger partial charge in [0.25, 0.3) is 0 Å². The number of hydrogen-bond donors (Lipinski definition) is 2. The molecule has 6 heteroatoms. The third-order valence-electron chi connectivity index (χ3n) is 9.26. The number of rotatable bonds is 27. The Kier molecular flexibility index (Phi) is 21.7. The minimum atomic E-state index is 0.0368. The molecule has 0 aliphatic carbocycles. The fraction of sp³-hybridized carbons (Fsp3) is 0.737. The molecule has 4 nitrogen and oxygen atoms in total. The molecule has 2 rings (SSSR count). The standard InChI is InChI=1S/C38H64Cl2N4/c1-5-9-19-33(7-3)31-41-35-23-27-43(28-24-35)37(39)21-17-15-13-11-12-14-16-18-22-38(40)44-29-25-36(26-30-44)42-32-34(8-4)20-10-6-2/h23-30,33-34,37-38H,5-22,31-32H2,1-4H3/p+2. The summed E-state index contributed by atoms with van der Waals surface area (Å²) in [7, 11) is 0. The molecule has 0 radical (unpaired) electrons. The molecule has 2 aromatic heterocycles. The Morgan fingerprint density at radius 1 is 0.500 bits per heavy atom. The van der Waals surface area contributed by atoms with Gasteiger partial charge in [-0.3, -0.25) is 0 Å². The van der Waals surface area contributed by atoms with E-state index in [1.807, 2.05) is 0 Å². The third kappa shape index (κ3) is 16.7. The summed E-state index contributed by atoms with van der Waals surface area (Å²) in [5.74, 6) is 1.52. The van der Waals surface area contributed by atoms with Crippen LogP contribution in [0, 0.1) is 11.8 Å². The number of pyridine rings is 2. The lowest BCUT2D eigenvalue weighted by Crippen LogP contribution is -2.35. The second kappa shape index (κ2) is 24.7. The monoisotopic (exact) mass is 648 g/mol. The van der Waals surface area contributed by atoms with E-state index in [9.17, 15) is 0 Å². The number of aromatic nitrogens is 2. The number of unbranched alkanes of at least 4 members (excludes halogenated alkanes) is 9. The van der Waals surface area contributed by atoms with Crippen molar-refractivity contribution in [2.24, 2.45) is 11.8 Å². The van der Waals surface area contributed by atoms with Gasteiger partial charge in [-0.05, 0) is 60.7 Å². The van der Waals surface area contributed by atoms with Gasteiger partial charge in [-0.25, -0.2) is 0 Å². The largest absolute Gasteiger partial charge is 0.384 e. The molecule has 0 bridgehead atoms. The topological polar surface area (TPSA) is 31.8 Å². The van der Waals surface area contributed by atoms with Crippen LogP contribution in [0.5, 0.6) is 0 Å². The zero-order chi connectivity index (χ0) is 31.8. The molecule has 0 fully saturated rings. The molecule has 0 aliphatic rings. The van der Waals surface area contributed by atoms with E-state index in [1.54, 1.807) is 0 Å². The van der Waals surface area contributed by atoms with Crippen molar-refractivity contribution in [1.29, 1.82) is 0 Å². The number of hydrogen-bond acceptors (Lipinski definition) is 2. The molecule has 2 N–H and O–H groups in total. The number of alkyl halides is 2. The van der Waals surface area contributed by atoms with Gasteiger partial charge in [-0.1, -0.05) is 105 Å². The van der Waals surface area contributed by atoms with E-state index in [2.05, 4.69) is 96.5 Å². The van der Waals surface area contributed by atoms with E-state index in [-0.39, 0.29) is 11.0 Å². The van der Waals surface area contributed by atoms with Gasteiger partial charge >= 0.3 is 0 Å². The Hall–Kier alpha value is -1.52. The van der Waals surface area contributed by atoms with Gasteiger partial charge in [0.1, 0.15) is 0 Å². The van der Waals surface area contributed by atoms with E-state index in [0.29, 0.717) is 0 Å². The van der Waals surface area contributed by atoms with Crippen LogP contribution in [-0.2, 0) is 0 Å². The maximum atomic E-state index is 6.71. The maximum Gasteiger partial charge on any atom is 0.232 e. The molecule has 2 heterocycles. The summed E-state index contributed by atoms with van der Waals surface area (Å²) >= 11 is 13.4. The van der Waals surface area contributed by atoms with Crippen LogP contribution >= 0.6 is 23.2 Å². The molecule has 250 valence electrons. The zero-order valence-electron chi connectivity index (χ0n) is 28.7. The molecule has 44 heavy (non-hydrogen) atoms. The van der Waals surface area contributed by atoms with Gasteiger partial charge in [-0.2, -0.15) is 9.13 Å². The molecule has 0 aliphatic heterocycles. The lowest BCUT2D eigenvalue weighted by atomic mass is 9.99. The smallest absolute Gasteiger partial charge is 0.232 e. The van der Waals surface area contributed by atoms with Crippen molar-refractivity contribution in [2.75, 3.05) is 23.7 Å². The molecule has 0 saturated carbocycles. The molecule has 0 saturated heterocycles. The lowest BCUT2D eigenvalue weighted by Gasteiger charge is -2.16. The predicted octanol–water partition coefficient (Wildman–Crippen LogP) is 11.6. The summed E-state index contributed by atoms with van der Waals surface area (Å²) in [6.45, 7) is 11.3. The van der Waals surface area contributed by atoms with Crippen molar-refractivity contribution < 1.29 is 9.13 Å². The summed E-state index contributed by atoms with van der Waals surface area (Å²) in [5, 5.41) is 7.23. The van der Waals surface area contributed by atoms with Crippen LogP contribution in [0.25, 0.3) is 0 Å². The highest BCUT2D eigenvalue weighted by Crippen LogP contribution is 2.20. The van der Waals surface area contributed by atoms with Gasteiger partial charge in [0.05, 0.1) is 0 Å². The van der Waals surface area contributed by atoms with Crippen molar-refractivity contribution >= 4 is 34.6 Å². The molecule has 2 aromatic rings. The third-order valence-corrected chi connectivity index (χ3v) is 10.2. The highest BCUT2D eigenvalue weighted by atomic mass is 35.5. The van der Waals surface area contributed by atoms with Crippen molar-refractivity contribution in [3.63, 3.8) is 0 Å². The number of nitrogens with one attached hydrogen (secondary N) is 2. The first-order valence-corrected chi connectivity index (χ1v) is 19.1. The highest BCUT2D eigenvalue weighted by Gasteiger charge is 2.16. The Morgan fingerprint density at radius 2 is 0.841 bits per heavy atom. The lowest BCUT2D eigenvalue weighted by molar-refractivity contribution is -0.703. The number of halogens is 2. The molecule has 0 aromatic carbocycles. The SMILES string of the molecule is CCCCC(CC)CNc1cc[n+](C(Cl)CCCCCCCCCCC(Cl)[n+]2ccc(NCC(CC)CCCC)cc2)cc1. The average molecular weight is 650 g/mol. The quantitative estimate of drug-likeness (QED) is 0.0573. The van der Waals surface area contributed by atoms with E-state index < -0.39 is 0 Å². The molecule has 0 amide bonds. The molecule has 4 unspecified atom stereocenters. The second-order valence-corrected chi connectivity index (χ2v) is 13.9. The predicted molar refractivity (Wildman–Crippen MR) is 193 cm³/mol. The minimum absolute atomic E-state index is 0.0368. The Labute approximate surface area is 281 Å². The van der Waals surface area contributed by atoms with Crippen LogP contribution < -0.4 is 19.8 Å². The van der Waals surface area contributed by atoms with Crippen molar-refractivity contribution in [3.8, 4) is 0 Å². The van der Waals surface area contributed by atoms with E-state index in [1.165, 1.54) is 114 Å². The van der Waals surface area contributed by atoms with Gasteiger partial charge in [-0.15, -0.1) is 0 Å². The Bertz CT molecular complexity index is 859. The number of anilines is 2. The van der Waals surface area contributed by atoms with Crippen LogP contribution in [-0.4, -0.2) is 13.1 Å². The van der Waals surface area contributed by atoms with E-state index in [4.69, 9.17) is 23.2 Å². The van der Waals surface area contributed by atoms with Gasteiger partial charge in [0, 0.05) is 61.6 Å². The van der Waals surface area contributed by atoms with E-state index in [0.717, 1.165) is 37.8 Å². The van der Waals surface area contributed by atoms with E-state index >= 15 is 0 Å². The number of nitrogens with zero attached hydrogens (tertiary/aromatic N) is 2. The molecule has 4 atom stereocenters. The Balaban J connectivity index is 1.49. The Morgan fingerprint density at radius 3 is 1.16 bits per heavy atom. The minimum Gasteiger partial charge on any atom is -0.384 e. The van der Waals surface area contributed by atoms with Crippen LogP contribution in [0.3, 0.4) is 0 Å². The normalized spacial score (nSPS) is 14.2. The first-order valence-electron chi connectivity index (χ1n) is 18.3. The molecular weight excluding hydrogens is 583 g/mol. The van der Waals surface area contributed by atoms with Gasteiger partial charge in [0.15, 0.2) is 24.8 Å². The molecule has 0 spiro atoms. The fourth-order valence-electron chi connectivity index (χ4n) is 5.88. The van der Waals surface area contributed by atoms with Crippen molar-refractivity contribution in [2.45, 2.75) is 154 Å². The van der Waals surface area contributed by atoms with Crippen LogP contribution in [0.15, 0.2) is 49.1 Å². The maximum absolute atomic E-state index is 6.71. The van der Waals surface area contributed by atoms with Crippen LogP contribution in [0.2, 0.25) is 0 Å². The summed E-state index contributed by atoms with van der Waals surface area (Å²) in [6, 6.07) is 8.66. The summed E-state index contributed by atoms with van der Waals surface area (Å²) in [6.07, 6.45) is 31.0. The highest BCUT2D eigenvalue weighted by molar-refractivity contribution is 6.18. The average Bonchev–Trinajstić information content (AvgIpc) is 3.06. The molecular formula is C38H66Cl2N4+2. The first-order chi connectivity index (χ1) is 21.5. The van der Waals surface area contributed by atoms with Crippen molar-refractivity contribution in [3.05, 3.63) is 49.1 Å². The van der Waals surface area contributed by atoms with Crippen LogP contribution in [0.4, 0.5) is 11.4 Å². The summed E-state index contributed by atoms with van der Waals surface area (Å²) < 4.78 is 4.29. The van der Waals surface area contributed by atoms with Crippen molar-refractivity contribution in [1.82, 2.24) is 0 Å². The van der Waals surface area contributed by atoms with Gasteiger partial charge in [0.2, 0.25) is 11.0 Å². The summed E-state index contributed by atoms with van der Waals surface area (Å²) in [4.78, 5) is 0. The fourth-order valence-corrected chi connectivity index (χ4v) is 6.45. The first kappa shape index (κ1) is 38.7. The van der Waals surface area contributed by atoms with Gasteiger partial charge < -0.3 is 10.6 Å².